The van der Waals surface area contributed by atoms with Crippen molar-refractivity contribution in [1.29, 1.82) is 0 Å². The maximum absolute atomic E-state index is 11.6. The van der Waals surface area contributed by atoms with Crippen LogP contribution in [-0.2, 0) is 11.2 Å². The van der Waals surface area contributed by atoms with Crippen LogP contribution in [0, 0.1) is 12.8 Å². The molecule has 5 heteroatoms. The lowest BCUT2D eigenvalue weighted by Gasteiger charge is -2.07. The van der Waals surface area contributed by atoms with E-state index < -0.39 is 5.97 Å². The molecule has 0 aliphatic rings. The molecule has 1 aromatic rings. The van der Waals surface area contributed by atoms with Gasteiger partial charge in [0.1, 0.15) is 11.5 Å². The highest BCUT2D eigenvalue weighted by molar-refractivity contribution is 5.74. The van der Waals surface area contributed by atoms with Crippen LogP contribution in [-0.4, -0.2) is 17.6 Å². The first-order chi connectivity index (χ1) is 7.99. The summed E-state index contributed by atoms with van der Waals surface area (Å²) in [6.07, 6.45) is 0.769. The molecule has 1 heterocycles. The van der Waals surface area contributed by atoms with Crippen molar-refractivity contribution in [2.75, 3.05) is 6.54 Å². The van der Waals surface area contributed by atoms with Gasteiger partial charge in [0.05, 0.1) is 0 Å². The number of esters is 1. The van der Waals surface area contributed by atoms with Crippen molar-refractivity contribution in [2.45, 2.75) is 33.6 Å². The summed E-state index contributed by atoms with van der Waals surface area (Å²) in [7, 11) is 0. The molecular formula is C12H19NO4. The highest BCUT2D eigenvalue weighted by Gasteiger charge is 2.20. The Kier molecular flexibility index (Phi) is 4.57. The van der Waals surface area contributed by atoms with Gasteiger partial charge in [0.2, 0.25) is 11.5 Å². The van der Waals surface area contributed by atoms with Gasteiger partial charge >= 0.3 is 5.97 Å². The predicted octanol–water partition coefficient (Wildman–Crippen LogP) is 1.75. The first kappa shape index (κ1) is 13.6. The fraction of sp³-hybridized carbons (Fsp3) is 0.583. The minimum Gasteiger partial charge on any atom is -0.502 e. The van der Waals surface area contributed by atoms with E-state index in [1.54, 1.807) is 6.92 Å². The van der Waals surface area contributed by atoms with Crippen LogP contribution in [0.15, 0.2) is 4.42 Å². The van der Waals surface area contributed by atoms with Gasteiger partial charge in [0.15, 0.2) is 0 Å². The molecule has 17 heavy (non-hydrogen) atoms. The Labute approximate surface area is 101 Å². The molecule has 0 spiro atoms. The van der Waals surface area contributed by atoms with E-state index in [9.17, 15) is 9.90 Å². The van der Waals surface area contributed by atoms with Gasteiger partial charge < -0.3 is 20.0 Å². The second-order valence-corrected chi connectivity index (χ2v) is 4.13. The lowest BCUT2D eigenvalue weighted by atomic mass is 10.1. The summed E-state index contributed by atoms with van der Waals surface area (Å²) in [6.45, 7) is 5.78. The maximum atomic E-state index is 11.6. The van der Waals surface area contributed by atoms with E-state index in [4.69, 9.17) is 14.9 Å². The van der Waals surface area contributed by atoms with Gasteiger partial charge in [-0.1, -0.05) is 13.8 Å². The Morgan fingerprint density at radius 2 is 2.24 bits per heavy atom. The number of aromatic hydroxyl groups is 1. The molecule has 1 aromatic heterocycles. The predicted molar refractivity (Wildman–Crippen MR) is 63.0 cm³/mol. The zero-order valence-electron chi connectivity index (χ0n) is 10.4. The van der Waals surface area contributed by atoms with Crippen molar-refractivity contribution < 1.29 is 19.1 Å². The van der Waals surface area contributed by atoms with Crippen molar-refractivity contribution in [3.05, 3.63) is 11.5 Å². The van der Waals surface area contributed by atoms with E-state index in [1.165, 1.54) is 0 Å². The van der Waals surface area contributed by atoms with Crippen molar-refractivity contribution >= 4 is 5.97 Å². The first-order valence-electron chi connectivity index (χ1n) is 5.71. The van der Waals surface area contributed by atoms with Crippen LogP contribution in [0.2, 0.25) is 0 Å². The van der Waals surface area contributed by atoms with Crippen LogP contribution < -0.4 is 10.5 Å². The fourth-order valence-corrected chi connectivity index (χ4v) is 1.46. The number of nitrogens with two attached hydrogens (primary N) is 1. The first-order valence-corrected chi connectivity index (χ1v) is 5.71. The molecule has 0 bridgehead atoms. The molecule has 1 unspecified atom stereocenters. The highest BCUT2D eigenvalue weighted by atomic mass is 16.6. The molecule has 0 aromatic carbocycles. The second-order valence-electron chi connectivity index (χ2n) is 4.13. The molecule has 0 fully saturated rings. The third kappa shape index (κ3) is 3.23. The molecule has 0 saturated carbocycles. The summed E-state index contributed by atoms with van der Waals surface area (Å²) in [6, 6.07) is 0. The smallest absolute Gasteiger partial charge is 0.311 e. The van der Waals surface area contributed by atoms with Crippen molar-refractivity contribution in [3.63, 3.8) is 0 Å². The summed E-state index contributed by atoms with van der Waals surface area (Å²) in [5.41, 5.74) is 5.42. The van der Waals surface area contributed by atoms with Gasteiger partial charge in [0.25, 0.3) is 0 Å². The van der Waals surface area contributed by atoms with Crippen LogP contribution in [0.5, 0.6) is 11.5 Å². The average Bonchev–Trinajstić information content (AvgIpc) is 2.56. The Bertz CT molecular complexity index is 397. The number of furan rings is 1. The minimum atomic E-state index is -0.412. The lowest BCUT2D eigenvalue weighted by molar-refractivity contribution is -0.135. The van der Waals surface area contributed by atoms with Gasteiger partial charge in [-0.3, -0.25) is 4.79 Å². The van der Waals surface area contributed by atoms with E-state index in [0.717, 1.165) is 0 Å². The number of hydrogen-bond acceptors (Lipinski definition) is 5. The van der Waals surface area contributed by atoms with Crippen molar-refractivity contribution in [2.24, 2.45) is 11.7 Å². The molecule has 5 nitrogen and oxygen atoms in total. The molecule has 0 aliphatic carbocycles. The van der Waals surface area contributed by atoms with Crippen LogP contribution in [0.1, 0.15) is 31.8 Å². The summed E-state index contributed by atoms with van der Waals surface area (Å²) in [5.74, 6) is 0.521. The lowest BCUT2D eigenvalue weighted by Crippen LogP contribution is -2.18. The highest BCUT2D eigenvalue weighted by Crippen LogP contribution is 2.37. The molecular weight excluding hydrogens is 222 g/mol. The van der Waals surface area contributed by atoms with Crippen molar-refractivity contribution in [1.82, 2.24) is 0 Å². The topological polar surface area (TPSA) is 85.7 Å². The minimum absolute atomic E-state index is 0.0579. The second kappa shape index (κ2) is 5.72. The number of ether oxygens (including phenoxy) is 1. The van der Waals surface area contributed by atoms with Gasteiger partial charge in [-0.15, -0.1) is 0 Å². The molecule has 1 atom stereocenters. The quantitative estimate of drug-likeness (QED) is 0.767. The van der Waals surface area contributed by atoms with E-state index in [1.807, 2.05) is 13.8 Å². The summed E-state index contributed by atoms with van der Waals surface area (Å²) in [5, 5.41) is 9.75. The average molecular weight is 241 g/mol. The molecule has 0 saturated heterocycles. The van der Waals surface area contributed by atoms with Gasteiger partial charge in [-0.2, -0.15) is 0 Å². The van der Waals surface area contributed by atoms with Crippen molar-refractivity contribution in [3.8, 4) is 11.5 Å². The molecule has 3 N–H and O–H groups in total. The van der Waals surface area contributed by atoms with Crippen LogP contribution in [0.4, 0.5) is 0 Å². The molecule has 96 valence electrons. The Balaban J connectivity index is 2.74. The Hall–Kier alpha value is -1.49. The molecule has 1 rings (SSSR count). The van der Waals surface area contributed by atoms with Crippen LogP contribution >= 0.6 is 0 Å². The number of rotatable bonds is 5. The van der Waals surface area contributed by atoms with E-state index in [2.05, 4.69) is 0 Å². The number of carbonyl (C=O) groups is 1. The Morgan fingerprint density at radius 3 is 2.71 bits per heavy atom. The standard InChI is InChI=1S/C12H19NO4/c1-4-9-11(15)12(8(3)16-9)17-10(14)5-7(2)6-13/h7,15H,4-6,13H2,1-3H3. The Morgan fingerprint density at radius 1 is 1.59 bits per heavy atom. The number of carbonyl (C=O) groups excluding carboxylic acids is 1. The number of aryl methyl sites for hydroxylation is 2. The normalized spacial score (nSPS) is 12.5. The van der Waals surface area contributed by atoms with Gasteiger partial charge in [0, 0.05) is 12.8 Å². The van der Waals surface area contributed by atoms with Gasteiger partial charge in [-0.05, 0) is 19.4 Å². The molecule has 0 radical (unpaired) electrons. The third-order valence-electron chi connectivity index (χ3n) is 2.53. The third-order valence-corrected chi connectivity index (χ3v) is 2.53. The van der Waals surface area contributed by atoms with E-state index in [-0.39, 0.29) is 23.8 Å². The van der Waals surface area contributed by atoms with E-state index >= 15 is 0 Å². The monoisotopic (exact) mass is 241 g/mol. The summed E-state index contributed by atoms with van der Waals surface area (Å²) in [4.78, 5) is 11.6. The van der Waals surface area contributed by atoms with Gasteiger partial charge in [-0.25, -0.2) is 0 Å². The number of hydrogen-bond donors (Lipinski definition) is 2. The SMILES string of the molecule is CCc1oc(C)c(OC(=O)CC(C)CN)c1O. The zero-order chi connectivity index (χ0) is 13.0. The zero-order valence-corrected chi connectivity index (χ0v) is 10.4. The van der Waals surface area contributed by atoms with E-state index in [0.29, 0.717) is 24.5 Å². The summed E-state index contributed by atoms with van der Waals surface area (Å²) >= 11 is 0. The molecule has 0 amide bonds. The largest absolute Gasteiger partial charge is 0.502 e. The fourth-order valence-electron chi connectivity index (χ4n) is 1.46. The van der Waals surface area contributed by atoms with Crippen LogP contribution in [0.25, 0.3) is 0 Å². The molecule has 0 aliphatic heterocycles. The summed E-state index contributed by atoms with van der Waals surface area (Å²) < 4.78 is 10.4. The van der Waals surface area contributed by atoms with Crippen LogP contribution in [0.3, 0.4) is 0 Å². The maximum Gasteiger partial charge on any atom is 0.311 e.